The van der Waals surface area contributed by atoms with Gasteiger partial charge in [0.2, 0.25) is 0 Å². The Bertz CT molecular complexity index is 1630. The molecule has 2 heteroatoms. The van der Waals surface area contributed by atoms with Crippen LogP contribution in [0.15, 0.2) is 146 Å². The third kappa shape index (κ3) is 4.82. The molecule has 37 heavy (non-hydrogen) atoms. The molecule has 0 saturated heterocycles. The molecule has 0 atom stereocenters. The largest absolute Gasteiger partial charge is 0.356 e. The number of anilines is 5. The summed E-state index contributed by atoms with van der Waals surface area (Å²) in [7, 11) is 0. The van der Waals surface area contributed by atoms with Crippen LogP contribution in [-0.2, 0) is 0 Å². The van der Waals surface area contributed by atoms with Crippen molar-refractivity contribution in [3.63, 3.8) is 0 Å². The quantitative estimate of drug-likeness (QED) is 0.257. The summed E-state index contributed by atoms with van der Waals surface area (Å²) in [5.74, 6) is 0. The van der Waals surface area contributed by atoms with Crippen molar-refractivity contribution >= 4 is 39.2 Å². The Kier molecular flexibility index (Phi) is 6.14. The molecule has 0 amide bonds. The zero-order valence-corrected chi connectivity index (χ0v) is 20.8. The Balaban J connectivity index is 1.44. The highest BCUT2D eigenvalue weighted by Crippen LogP contribution is 2.40. The fourth-order valence-electron chi connectivity index (χ4n) is 4.78. The normalized spacial score (nSPS) is 10.8. The van der Waals surface area contributed by atoms with Crippen molar-refractivity contribution in [1.29, 1.82) is 0 Å². The second-order valence-electron chi connectivity index (χ2n) is 9.29. The predicted octanol–water partition coefficient (Wildman–Crippen LogP) is 10.0. The molecule has 0 aliphatic heterocycles. The maximum Gasteiger partial charge on any atom is 0.0540 e. The lowest BCUT2D eigenvalue weighted by atomic mass is 10.0. The number of fused-ring (bicyclic) bond motifs is 1. The van der Waals surface area contributed by atoms with E-state index < -0.39 is 0 Å². The molecule has 0 unspecified atom stereocenters. The molecule has 1 N–H and O–H groups in total. The van der Waals surface area contributed by atoms with Gasteiger partial charge in [-0.05, 0) is 78.0 Å². The lowest BCUT2D eigenvalue weighted by molar-refractivity contribution is 1.30. The summed E-state index contributed by atoms with van der Waals surface area (Å²) in [5.41, 5.74) is 9.18. The Labute approximate surface area is 218 Å². The summed E-state index contributed by atoms with van der Waals surface area (Å²) >= 11 is 0. The monoisotopic (exact) mass is 476 g/mol. The van der Waals surface area contributed by atoms with Crippen molar-refractivity contribution in [2.75, 3.05) is 10.2 Å². The van der Waals surface area contributed by atoms with Crippen molar-refractivity contribution < 1.29 is 0 Å². The molecule has 0 bridgehead atoms. The molecule has 0 aliphatic rings. The van der Waals surface area contributed by atoms with E-state index in [2.05, 4.69) is 163 Å². The van der Waals surface area contributed by atoms with E-state index >= 15 is 0 Å². The van der Waals surface area contributed by atoms with Gasteiger partial charge in [0, 0.05) is 28.1 Å². The Morgan fingerprint density at radius 3 is 1.89 bits per heavy atom. The first-order valence-electron chi connectivity index (χ1n) is 12.6. The number of nitrogens with zero attached hydrogens (tertiary/aromatic N) is 1. The van der Waals surface area contributed by atoms with Gasteiger partial charge in [0.1, 0.15) is 0 Å². The first-order valence-corrected chi connectivity index (χ1v) is 12.6. The highest BCUT2D eigenvalue weighted by molar-refractivity contribution is 5.99. The van der Waals surface area contributed by atoms with Gasteiger partial charge in [0.05, 0.1) is 5.69 Å². The molecular weight excluding hydrogens is 448 g/mol. The zero-order chi connectivity index (χ0) is 25.0. The number of rotatable bonds is 6. The first kappa shape index (κ1) is 22.6. The molecule has 0 aromatic heterocycles. The predicted molar refractivity (Wildman–Crippen MR) is 159 cm³/mol. The number of hydrogen-bond acceptors (Lipinski definition) is 2. The highest BCUT2D eigenvalue weighted by Gasteiger charge is 2.16. The summed E-state index contributed by atoms with van der Waals surface area (Å²) in [6.45, 7) is 2.10. The number of aryl methyl sites for hydroxylation is 1. The number of benzene rings is 6. The molecule has 6 rings (SSSR count). The van der Waals surface area contributed by atoms with Gasteiger partial charge in [-0.15, -0.1) is 0 Å². The van der Waals surface area contributed by atoms with Crippen LogP contribution in [0, 0.1) is 6.92 Å². The van der Waals surface area contributed by atoms with Crippen molar-refractivity contribution in [2.45, 2.75) is 6.92 Å². The summed E-state index contributed by atoms with van der Waals surface area (Å²) in [5, 5.41) is 5.96. The van der Waals surface area contributed by atoms with Crippen LogP contribution < -0.4 is 10.2 Å². The Hall–Kier alpha value is -4.82. The van der Waals surface area contributed by atoms with Gasteiger partial charge in [0.15, 0.2) is 0 Å². The van der Waals surface area contributed by atoms with Gasteiger partial charge < -0.3 is 10.2 Å². The third-order valence-electron chi connectivity index (χ3n) is 6.68. The zero-order valence-electron chi connectivity index (χ0n) is 20.8. The SMILES string of the molecule is Cc1ccc(Nc2ccc(N(c3cccc(-c4ccccc4)c3)c3cccc4ccccc34)cc2)cc1. The fraction of sp³-hybridized carbons (Fsp3) is 0.0286. The van der Waals surface area contributed by atoms with Crippen LogP contribution in [0.4, 0.5) is 28.4 Å². The number of hydrogen-bond donors (Lipinski definition) is 1. The maximum absolute atomic E-state index is 3.52. The van der Waals surface area contributed by atoms with Crippen LogP contribution in [-0.4, -0.2) is 0 Å². The van der Waals surface area contributed by atoms with Crippen molar-refractivity contribution in [3.05, 3.63) is 151 Å². The minimum Gasteiger partial charge on any atom is -0.356 e. The molecule has 6 aromatic rings. The molecule has 0 heterocycles. The molecular formula is C35H28N2. The minimum absolute atomic E-state index is 1.06. The van der Waals surface area contributed by atoms with Gasteiger partial charge in [0.25, 0.3) is 0 Å². The highest BCUT2D eigenvalue weighted by atomic mass is 15.1. The summed E-state index contributed by atoms with van der Waals surface area (Å²) in [6, 6.07) is 51.6. The van der Waals surface area contributed by atoms with Crippen LogP contribution in [0.5, 0.6) is 0 Å². The summed E-state index contributed by atoms with van der Waals surface area (Å²) in [6.07, 6.45) is 0. The van der Waals surface area contributed by atoms with Crippen LogP contribution in [0.1, 0.15) is 5.56 Å². The smallest absolute Gasteiger partial charge is 0.0540 e. The van der Waals surface area contributed by atoms with Gasteiger partial charge in [-0.25, -0.2) is 0 Å². The van der Waals surface area contributed by atoms with Crippen molar-refractivity contribution in [3.8, 4) is 11.1 Å². The van der Waals surface area contributed by atoms with Crippen LogP contribution in [0.3, 0.4) is 0 Å². The molecule has 0 aliphatic carbocycles. The Morgan fingerprint density at radius 1 is 0.486 bits per heavy atom. The second kappa shape index (κ2) is 10.0. The molecule has 0 spiro atoms. The number of nitrogens with one attached hydrogen (secondary N) is 1. The first-order chi connectivity index (χ1) is 18.2. The molecule has 6 aromatic carbocycles. The van der Waals surface area contributed by atoms with E-state index in [1.165, 1.54) is 27.5 Å². The van der Waals surface area contributed by atoms with E-state index in [4.69, 9.17) is 0 Å². The molecule has 2 nitrogen and oxygen atoms in total. The average Bonchev–Trinajstić information content (AvgIpc) is 2.96. The van der Waals surface area contributed by atoms with E-state index in [9.17, 15) is 0 Å². The molecule has 0 fully saturated rings. The van der Waals surface area contributed by atoms with E-state index in [1.807, 2.05) is 0 Å². The topological polar surface area (TPSA) is 15.3 Å². The average molecular weight is 477 g/mol. The molecule has 178 valence electrons. The maximum atomic E-state index is 3.52. The summed E-state index contributed by atoms with van der Waals surface area (Å²) < 4.78 is 0. The van der Waals surface area contributed by atoms with Crippen LogP contribution in [0.2, 0.25) is 0 Å². The van der Waals surface area contributed by atoms with Crippen molar-refractivity contribution in [1.82, 2.24) is 0 Å². The van der Waals surface area contributed by atoms with Gasteiger partial charge in [-0.3, -0.25) is 0 Å². The molecule has 0 radical (unpaired) electrons. The Morgan fingerprint density at radius 2 is 1.11 bits per heavy atom. The summed E-state index contributed by atoms with van der Waals surface area (Å²) in [4.78, 5) is 2.35. The van der Waals surface area contributed by atoms with Crippen LogP contribution >= 0.6 is 0 Å². The lowest BCUT2D eigenvalue weighted by Gasteiger charge is -2.27. The van der Waals surface area contributed by atoms with Gasteiger partial charge in [-0.2, -0.15) is 0 Å². The lowest BCUT2D eigenvalue weighted by Crippen LogP contribution is -2.10. The third-order valence-corrected chi connectivity index (χ3v) is 6.68. The van der Waals surface area contributed by atoms with Gasteiger partial charge >= 0.3 is 0 Å². The van der Waals surface area contributed by atoms with Gasteiger partial charge in [-0.1, -0.05) is 96.6 Å². The molecule has 0 saturated carbocycles. The van der Waals surface area contributed by atoms with E-state index in [1.54, 1.807) is 0 Å². The van der Waals surface area contributed by atoms with E-state index in [0.29, 0.717) is 0 Å². The van der Waals surface area contributed by atoms with Crippen LogP contribution in [0.25, 0.3) is 21.9 Å². The van der Waals surface area contributed by atoms with E-state index in [0.717, 1.165) is 28.4 Å². The standard InChI is InChI=1S/C35H28N2/c1-26-17-19-30(20-18-26)36-31-21-23-32(24-22-31)37(35-16-8-12-28-11-5-6-15-34(28)35)33-14-7-13-29(25-33)27-9-3-2-4-10-27/h2-25,36H,1H3. The fourth-order valence-corrected chi connectivity index (χ4v) is 4.78. The van der Waals surface area contributed by atoms with Crippen molar-refractivity contribution in [2.24, 2.45) is 0 Å². The minimum atomic E-state index is 1.06. The second-order valence-corrected chi connectivity index (χ2v) is 9.29. The van der Waals surface area contributed by atoms with E-state index in [-0.39, 0.29) is 0 Å².